The van der Waals surface area contributed by atoms with Gasteiger partial charge in [0.2, 0.25) is 0 Å². The number of ether oxygens (including phenoxy) is 1. The van der Waals surface area contributed by atoms with E-state index in [-0.39, 0.29) is 5.75 Å². The van der Waals surface area contributed by atoms with Crippen molar-refractivity contribution >= 4 is 9.84 Å². The molecule has 1 saturated carbocycles. The molecule has 2 aliphatic carbocycles. The van der Waals surface area contributed by atoms with E-state index in [0.717, 1.165) is 6.07 Å². The average molecular weight is 411 g/mol. The van der Waals surface area contributed by atoms with Crippen LogP contribution < -0.4 is 4.74 Å². The topological polar surface area (TPSA) is 87.4 Å². The van der Waals surface area contributed by atoms with Crippen LogP contribution in [0.25, 0.3) is 0 Å². The number of fused-ring (bicyclic) bond motifs is 1. The highest BCUT2D eigenvalue weighted by atomic mass is 32.2. The number of sulfone groups is 1. The largest absolute Gasteiger partial charge is 0.501 e. The fraction of sp³-hybridized carbons (Fsp3) is 0.562. The molecule has 0 spiro atoms. The Bertz CT molecular complexity index is 929. The van der Waals surface area contributed by atoms with Crippen LogP contribution >= 0.6 is 0 Å². The molecule has 0 heterocycles. The minimum atomic E-state index is -5.94. The summed E-state index contributed by atoms with van der Waals surface area (Å²) in [4.78, 5) is -1.41. The van der Waals surface area contributed by atoms with Crippen molar-refractivity contribution in [2.75, 3.05) is 0 Å². The molecule has 148 valence electrons. The van der Waals surface area contributed by atoms with E-state index in [2.05, 4.69) is 6.07 Å². The van der Waals surface area contributed by atoms with Crippen molar-refractivity contribution in [3.63, 3.8) is 0 Å². The van der Waals surface area contributed by atoms with Gasteiger partial charge in [-0.25, -0.2) is 17.2 Å². The van der Waals surface area contributed by atoms with Crippen molar-refractivity contribution in [2.24, 2.45) is 5.41 Å². The van der Waals surface area contributed by atoms with E-state index in [0.29, 0.717) is 18.9 Å². The minimum absolute atomic E-state index is 0.215. The van der Waals surface area contributed by atoms with E-state index in [1.165, 1.54) is 0 Å². The predicted molar refractivity (Wildman–Crippen MR) is 80.7 cm³/mol. The Kier molecular flexibility index (Phi) is 4.24. The molecule has 5 nitrogen and oxygen atoms in total. The maximum atomic E-state index is 14.0. The zero-order valence-electron chi connectivity index (χ0n) is 13.8. The molecule has 0 aromatic heterocycles. The summed E-state index contributed by atoms with van der Waals surface area (Å²) in [6.45, 7) is 1.67. The van der Waals surface area contributed by atoms with Crippen LogP contribution in [-0.2, 0) is 16.3 Å². The van der Waals surface area contributed by atoms with E-state index in [9.17, 15) is 35.5 Å². The van der Waals surface area contributed by atoms with Gasteiger partial charge < -0.3 is 9.84 Å². The molecule has 0 saturated heterocycles. The molecule has 27 heavy (non-hydrogen) atoms. The third-order valence-corrected chi connectivity index (χ3v) is 6.42. The molecule has 11 heteroatoms. The molecule has 1 atom stereocenters. The third-order valence-electron chi connectivity index (χ3n) is 4.87. The molecule has 0 unspecified atom stereocenters. The number of alkyl halides is 5. The summed E-state index contributed by atoms with van der Waals surface area (Å²) in [5, 5.41) is 18.8. The number of halogens is 5. The molecule has 1 aromatic rings. The summed E-state index contributed by atoms with van der Waals surface area (Å²) in [5.41, 5.74) is -7.80. The monoisotopic (exact) mass is 411 g/mol. The first-order valence-electron chi connectivity index (χ1n) is 7.83. The Morgan fingerprint density at radius 1 is 1.30 bits per heavy atom. The molecule has 3 rings (SSSR count). The average Bonchev–Trinajstić information content (AvgIpc) is 2.75. The Morgan fingerprint density at radius 2 is 1.89 bits per heavy atom. The van der Waals surface area contributed by atoms with Gasteiger partial charge in [-0.1, -0.05) is 0 Å². The molecular weight excluding hydrogens is 397 g/mol. The summed E-state index contributed by atoms with van der Waals surface area (Å²) in [5.74, 6) is -4.05. The zero-order chi connectivity index (χ0) is 20.4. The SMILES string of the molecule is C[C@]1(C#N)C[C@@H](Oc2ccc(S(=O)(=O)C(F)(F)F)c3c2CC(F)(F)[C@H]3O)C1. The number of nitriles is 1. The fourth-order valence-electron chi connectivity index (χ4n) is 3.42. The summed E-state index contributed by atoms with van der Waals surface area (Å²) >= 11 is 0. The van der Waals surface area contributed by atoms with E-state index in [4.69, 9.17) is 10.00 Å². The van der Waals surface area contributed by atoms with Crippen LogP contribution in [0.5, 0.6) is 5.75 Å². The third kappa shape index (κ3) is 3.04. The van der Waals surface area contributed by atoms with Gasteiger partial charge in [0.1, 0.15) is 18.0 Å². The van der Waals surface area contributed by atoms with Crippen molar-refractivity contribution in [3.05, 3.63) is 23.3 Å². The van der Waals surface area contributed by atoms with Crippen LogP contribution in [0.1, 0.15) is 37.0 Å². The van der Waals surface area contributed by atoms with Gasteiger partial charge in [-0.3, -0.25) is 0 Å². The number of benzene rings is 1. The second-order valence-electron chi connectivity index (χ2n) is 7.06. The van der Waals surface area contributed by atoms with Crippen molar-refractivity contribution in [1.29, 1.82) is 5.26 Å². The van der Waals surface area contributed by atoms with Crippen LogP contribution in [0.2, 0.25) is 0 Å². The quantitative estimate of drug-likeness (QED) is 0.772. The number of rotatable bonds is 3. The Labute approximate surface area is 151 Å². The molecule has 0 aliphatic heterocycles. The lowest BCUT2D eigenvalue weighted by atomic mass is 9.69. The first-order valence-corrected chi connectivity index (χ1v) is 9.31. The summed E-state index contributed by atoms with van der Waals surface area (Å²) in [7, 11) is -5.94. The van der Waals surface area contributed by atoms with Gasteiger partial charge in [0.15, 0.2) is 0 Å². The number of aliphatic hydroxyl groups is 1. The van der Waals surface area contributed by atoms with Gasteiger partial charge in [0, 0.05) is 30.4 Å². The molecule has 1 fully saturated rings. The van der Waals surface area contributed by atoms with Gasteiger partial charge in [-0.2, -0.15) is 18.4 Å². The second-order valence-corrected chi connectivity index (χ2v) is 8.97. The van der Waals surface area contributed by atoms with E-state index >= 15 is 0 Å². The lowest BCUT2D eigenvalue weighted by Crippen LogP contribution is -2.41. The maximum absolute atomic E-state index is 14.0. The molecule has 1 N–H and O–H groups in total. The normalized spacial score (nSPS) is 29.6. The minimum Gasteiger partial charge on any atom is -0.490 e. The van der Waals surface area contributed by atoms with E-state index < -0.39 is 61.3 Å². The van der Waals surface area contributed by atoms with Crippen LogP contribution in [0.3, 0.4) is 0 Å². The highest BCUT2D eigenvalue weighted by Crippen LogP contribution is 2.51. The van der Waals surface area contributed by atoms with Crippen molar-refractivity contribution in [1.82, 2.24) is 0 Å². The summed E-state index contributed by atoms with van der Waals surface area (Å²) < 4.78 is 95.6. The highest BCUT2D eigenvalue weighted by Gasteiger charge is 2.55. The van der Waals surface area contributed by atoms with Gasteiger partial charge in [0.05, 0.1) is 16.4 Å². The number of aliphatic hydroxyl groups excluding tert-OH is 1. The summed E-state index contributed by atoms with van der Waals surface area (Å²) in [6, 6.07) is 3.47. The molecule has 0 amide bonds. The van der Waals surface area contributed by atoms with Crippen molar-refractivity contribution in [2.45, 2.75) is 54.7 Å². The standard InChI is InChI=1S/C16H14F5NO4S/c1-14(7-22)4-8(5-14)26-10-2-3-11(27(24,25)16(19,20)21)12-9(10)6-15(17,18)13(12)23/h2-3,8,13,23H,4-6H2,1H3/t8-,13-,14+/m0/s1. The van der Waals surface area contributed by atoms with Crippen LogP contribution in [0.4, 0.5) is 22.0 Å². The van der Waals surface area contributed by atoms with Crippen molar-refractivity contribution in [3.8, 4) is 11.8 Å². The molecular formula is C16H14F5NO4S. The first-order chi connectivity index (χ1) is 12.2. The van der Waals surface area contributed by atoms with Crippen LogP contribution in [0, 0.1) is 16.7 Å². The summed E-state index contributed by atoms with van der Waals surface area (Å²) in [6.07, 6.45) is -3.79. The molecule has 0 radical (unpaired) electrons. The van der Waals surface area contributed by atoms with Crippen LogP contribution in [0.15, 0.2) is 17.0 Å². The Balaban J connectivity index is 2.05. The smallest absolute Gasteiger partial charge is 0.490 e. The van der Waals surface area contributed by atoms with Crippen LogP contribution in [-0.4, -0.2) is 31.1 Å². The van der Waals surface area contributed by atoms with Gasteiger partial charge in [-0.05, 0) is 19.1 Å². The zero-order valence-corrected chi connectivity index (χ0v) is 14.7. The van der Waals surface area contributed by atoms with E-state index in [1.54, 1.807) is 6.92 Å². The second kappa shape index (κ2) is 5.78. The molecule has 0 bridgehead atoms. The molecule has 2 aliphatic rings. The lowest BCUT2D eigenvalue weighted by molar-refractivity contribution is -0.0979. The number of nitrogens with zero attached hydrogens (tertiary/aromatic N) is 1. The van der Waals surface area contributed by atoms with Gasteiger partial charge in [-0.15, -0.1) is 0 Å². The Morgan fingerprint density at radius 3 is 2.41 bits per heavy atom. The first kappa shape index (κ1) is 19.8. The molecule has 1 aromatic carbocycles. The van der Waals surface area contributed by atoms with Gasteiger partial charge >= 0.3 is 5.51 Å². The lowest BCUT2D eigenvalue weighted by Gasteiger charge is -2.39. The van der Waals surface area contributed by atoms with Gasteiger partial charge in [0.25, 0.3) is 15.8 Å². The van der Waals surface area contributed by atoms with Crippen molar-refractivity contribution < 1.29 is 40.2 Å². The predicted octanol–water partition coefficient (Wildman–Crippen LogP) is 3.28. The van der Waals surface area contributed by atoms with E-state index in [1.807, 2.05) is 0 Å². The number of hydrogen-bond acceptors (Lipinski definition) is 5. The highest BCUT2D eigenvalue weighted by molar-refractivity contribution is 7.92. The fourth-order valence-corrected chi connectivity index (χ4v) is 4.44. The Hall–Kier alpha value is -1.93. The number of hydrogen-bond donors (Lipinski definition) is 1. The maximum Gasteiger partial charge on any atom is 0.501 e.